The lowest BCUT2D eigenvalue weighted by Gasteiger charge is -2.13. The van der Waals surface area contributed by atoms with Gasteiger partial charge in [-0.1, -0.05) is 30.4 Å². The fourth-order valence-corrected chi connectivity index (χ4v) is 5.26. The first kappa shape index (κ1) is 19.7. The highest BCUT2D eigenvalue weighted by Crippen LogP contribution is 2.52. The molecule has 31 heavy (non-hydrogen) atoms. The number of nitriles is 1. The van der Waals surface area contributed by atoms with Crippen LogP contribution in [0.4, 0.5) is 0 Å². The van der Waals surface area contributed by atoms with Gasteiger partial charge >= 0.3 is 0 Å². The molecule has 0 aromatic heterocycles. The van der Waals surface area contributed by atoms with Crippen molar-refractivity contribution in [1.82, 2.24) is 5.01 Å². The number of rotatable bonds is 5. The predicted octanol–water partition coefficient (Wildman–Crippen LogP) is 4.04. The molecular weight excluding hydrogens is 458 g/mol. The standard InChI is InChI=1S/C24H18BrN3O3/c25-19-9-14(5-8-20(19)31-13-18-4-2-1-3-17(18)11-26)12-27-28-23(29)21-15-6-7-16(10-15)22(21)24(28)30/h1-9,12,15-16,21-22H,10,13H2/b27-12-/t15-,16-,21-,22-/m0/s1. The zero-order chi connectivity index (χ0) is 21.5. The van der Waals surface area contributed by atoms with Crippen molar-refractivity contribution in [3.63, 3.8) is 0 Å². The average Bonchev–Trinajstić information content (AvgIpc) is 3.46. The van der Waals surface area contributed by atoms with Gasteiger partial charge in [0.15, 0.2) is 0 Å². The van der Waals surface area contributed by atoms with Crippen molar-refractivity contribution in [2.75, 3.05) is 0 Å². The zero-order valence-electron chi connectivity index (χ0n) is 16.4. The lowest BCUT2D eigenvalue weighted by molar-refractivity contribution is -0.140. The molecule has 2 aromatic carbocycles. The van der Waals surface area contributed by atoms with Gasteiger partial charge in [0.25, 0.3) is 11.8 Å². The minimum atomic E-state index is -0.251. The van der Waals surface area contributed by atoms with E-state index < -0.39 is 0 Å². The van der Waals surface area contributed by atoms with E-state index in [0.717, 1.165) is 22.6 Å². The summed E-state index contributed by atoms with van der Waals surface area (Å²) in [5.41, 5.74) is 2.12. The Bertz CT molecular complexity index is 1150. The van der Waals surface area contributed by atoms with Crippen LogP contribution in [-0.4, -0.2) is 23.0 Å². The lowest BCUT2D eigenvalue weighted by Crippen LogP contribution is -2.28. The maximum atomic E-state index is 12.7. The van der Waals surface area contributed by atoms with Crippen LogP contribution < -0.4 is 4.74 Å². The Kier molecular flexibility index (Phi) is 4.95. The van der Waals surface area contributed by atoms with Gasteiger partial charge in [-0.3, -0.25) is 9.59 Å². The van der Waals surface area contributed by atoms with Crippen molar-refractivity contribution in [2.24, 2.45) is 28.8 Å². The Morgan fingerprint density at radius 2 is 1.84 bits per heavy atom. The van der Waals surface area contributed by atoms with Crippen molar-refractivity contribution < 1.29 is 14.3 Å². The fourth-order valence-electron chi connectivity index (χ4n) is 4.75. The van der Waals surface area contributed by atoms with Gasteiger partial charge in [-0.2, -0.15) is 15.4 Å². The number of allylic oxidation sites excluding steroid dienone is 2. The number of hydrogen-bond acceptors (Lipinski definition) is 5. The SMILES string of the molecule is N#Cc1ccccc1COc1ccc(/C=N\N2C(=O)[C@@H]3[C@@H](C2=O)[C@H]2C=C[C@H]3C2)cc1Br. The third kappa shape index (κ3) is 3.37. The van der Waals surface area contributed by atoms with Crippen LogP contribution in [0.2, 0.25) is 0 Å². The van der Waals surface area contributed by atoms with Gasteiger partial charge in [-0.25, -0.2) is 0 Å². The second kappa shape index (κ2) is 7.78. The summed E-state index contributed by atoms with van der Waals surface area (Å²) < 4.78 is 6.56. The molecule has 2 aromatic rings. The second-order valence-electron chi connectivity index (χ2n) is 7.98. The van der Waals surface area contributed by atoms with Crippen LogP contribution in [0.25, 0.3) is 0 Å². The summed E-state index contributed by atoms with van der Waals surface area (Å²) >= 11 is 3.49. The third-order valence-electron chi connectivity index (χ3n) is 6.25. The van der Waals surface area contributed by atoms with Crippen molar-refractivity contribution in [2.45, 2.75) is 13.0 Å². The largest absolute Gasteiger partial charge is 0.488 e. The van der Waals surface area contributed by atoms with Crippen LogP contribution in [0.1, 0.15) is 23.1 Å². The van der Waals surface area contributed by atoms with Gasteiger partial charge in [-0.05, 0) is 64.0 Å². The quantitative estimate of drug-likeness (QED) is 0.371. The van der Waals surface area contributed by atoms with Crippen LogP contribution in [0.15, 0.2) is 64.2 Å². The molecule has 3 aliphatic rings. The normalized spacial score (nSPS) is 26.0. The smallest absolute Gasteiger partial charge is 0.254 e. The molecular formula is C24H18BrN3O3. The molecule has 0 spiro atoms. The highest BCUT2D eigenvalue weighted by atomic mass is 79.9. The predicted molar refractivity (Wildman–Crippen MR) is 117 cm³/mol. The summed E-state index contributed by atoms with van der Waals surface area (Å²) in [5, 5.41) is 14.4. The van der Waals surface area contributed by atoms with Crippen LogP contribution in [0.3, 0.4) is 0 Å². The monoisotopic (exact) mass is 475 g/mol. The minimum absolute atomic E-state index is 0.170. The summed E-state index contributed by atoms with van der Waals surface area (Å²) in [4.78, 5) is 25.4. The van der Waals surface area contributed by atoms with E-state index in [4.69, 9.17) is 4.74 Å². The number of ether oxygens (including phenoxy) is 1. The summed E-state index contributed by atoms with van der Waals surface area (Å²) in [6.45, 7) is 0.270. The van der Waals surface area contributed by atoms with Crippen LogP contribution in [-0.2, 0) is 16.2 Å². The van der Waals surface area contributed by atoms with Crippen LogP contribution in [0.5, 0.6) is 5.75 Å². The number of halogens is 1. The van der Waals surface area contributed by atoms with E-state index >= 15 is 0 Å². The molecule has 1 saturated heterocycles. The van der Waals surface area contributed by atoms with E-state index in [0.29, 0.717) is 15.8 Å². The first-order valence-electron chi connectivity index (χ1n) is 10.1. The van der Waals surface area contributed by atoms with Gasteiger partial charge in [-0.15, -0.1) is 0 Å². The topological polar surface area (TPSA) is 82.8 Å². The number of fused-ring (bicyclic) bond motifs is 5. The number of nitrogens with zero attached hydrogens (tertiary/aromatic N) is 3. The van der Waals surface area contributed by atoms with E-state index in [2.05, 4.69) is 39.3 Å². The molecule has 2 bridgehead atoms. The number of hydrogen-bond donors (Lipinski definition) is 0. The van der Waals surface area contributed by atoms with Crippen molar-refractivity contribution >= 4 is 34.0 Å². The van der Waals surface area contributed by atoms with E-state index in [1.807, 2.05) is 24.3 Å². The Hall–Kier alpha value is -3.24. The highest BCUT2D eigenvalue weighted by molar-refractivity contribution is 9.10. The van der Waals surface area contributed by atoms with Gasteiger partial charge in [0.2, 0.25) is 0 Å². The van der Waals surface area contributed by atoms with E-state index in [1.54, 1.807) is 18.2 Å². The van der Waals surface area contributed by atoms with Crippen molar-refractivity contribution in [1.29, 1.82) is 5.26 Å². The molecule has 1 heterocycles. The molecule has 0 unspecified atom stereocenters. The molecule has 4 atom stereocenters. The summed E-state index contributed by atoms with van der Waals surface area (Å²) in [5.74, 6) is 0.0654. The summed E-state index contributed by atoms with van der Waals surface area (Å²) in [6.07, 6.45) is 6.55. The van der Waals surface area contributed by atoms with E-state index in [1.165, 1.54) is 6.21 Å². The van der Waals surface area contributed by atoms with Crippen LogP contribution in [0, 0.1) is 35.0 Å². The lowest BCUT2D eigenvalue weighted by atomic mass is 9.85. The Morgan fingerprint density at radius 3 is 2.52 bits per heavy atom. The molecule has 0 radical (unpaired) electrons. The minimum Gasteiger partial charge on any atom is -0.488 e. The molecule has 5 rings (SSSR count). The second-order valence-corrected chi connectivity index (χ2v) is 8.83. The highest BCUT2D eigenvalue weighted by Gasteiger charge is 2.59. The summed E-state index contributed by atoms with van der Waals surface area (Å²) in [6, 6.07) is 14.8. The van der Waals surface area contributed by atoms with E-state index in [-0.39, 0.29) is 42.1 Å². The number of imide groups is 1. The molecule has 1 aliphatic heterocycles. The molecule has 6 nitrogen and oxygen atoms in total. The average molecular weight is 476 g/mol. The van der Waals surface area contributed by atoms with Gasteiger partial charge < -0.3 is 4.74 Å². The van der Waals surface area contributed by atoms with Crippen molar-refractivity contribution in [3.8, 4) is 11.8 Å². The van der Waals surface area contributed by atoms with Gasteiger partial charge in [0.05, 0.1) is 34.2 Å². The maximum absolute atomic E-state index is 12.7. The first-order valence-corrected chi connectivity index (χ1v) is 10.9. The number of hydrazone groups is 1. The molecule has 1 saturated carbocycles. The maximum Gasteiger partial charge on any atom is 0.254 e. The Labute approximate surface area is 187 Å². The number of amides is 2. The van der Waals surface area contributed by atoms with Crippen LogP contribution >= 0.6 is 15.9 Å². The zero-order valence-corrected chi connectivity index (χ0v) is 18.0. The van der Waals surface area contributed by atoms with Gasteiger partial charge in [0, 0.05) is 5.56 Å². The first-order chi connectivity index (χ1) is 15.1. The third-order valence-corrected chi connectivity index (χ3v) is 6.87. The Balaban J connectivity index is 1.27. The molecule has 0 N–H and O–H groups in total. The molecule has 154 valence electrons. The number of benzene rings is 2. The van der Waals surface area contributed by atoms with Gasteiger partial charge in [0.1, 0.15) is 12.4 Å². The molecule has 2 fully saturated rings. The van der Waals surface area contributed by atoms with E-state index in [9.17, 15) is 14.9 Å². The number of carbonyl (C=O) groups is 2. The number of carbonyl (C=O) groups excluding carboxylic acids is 2. The Morgan fingerprint density at radius 1 is 1.13 bits per heavy atom. The molecule has 7 heteroatoms. The fraction of sp³-hybridized carbons (Fsp3) is 0.250. The summed E-state index contributed by atoms with van der Waals surface area (Å²) in [7, 11) is 0. The van der Waals surface area contributed by atoms with Crippen molar-refractivity contribution in [3.05, 3.63) is 75.8 Å². The molecule has 2 amide bonds. The molecule has 2 aliphatic carbocycles.